The Labute approximate surface area is 117 Å². The zero-order valence-electron chi connectivity index (χ0n) is 11.5. The third kappa shape index (κ3) is 2.12. The number of rotatable bonds is 3. The molecule has 3 aliphatic rings. The Bertz CT molecular complexity index is 506. The minimum atomic E-state index is -0.000602. The summed E-state index contributed by atoms with van der Waals surface area (Å²) in [6.45, 7) is 2.05. The van der Waals surface area contributed by atoms with Gasteiger partial charge in [0.05, 0.1) is 18.6 Å². The summed E-state index contributed by atoms with van der Waals surface area (Å²) in [7, 11) is 0. The normalized spacial score (nSPS) is 30.1. The molecule has 1 aromatic heterocycles. The van der Waals surface area contributed by atoms with Crippen molar-refractivity contribution < 1.29 is 14.1 Å². The second-order valence-electron chi connectivity index (χ2n) is 6.02. The van der Waals surface area contributed by atoms with Crippen LogP contribution < -0.4 is 0 Å². The monoisotopic (exact) mass is 277 g/mol. The van der Waals surface area contributed by atoms with E-state index < -0.39 is 0 Å². The standard InChI is InChI=1S/C14H19N3O3/c18-14(10-5-7-19-8-10)17-6-1-2-11(17)12-15-13(20-16-12)9-3-4-9/h9-11H,1-8H2/t10-,11+/m1/s1. The predicted molar refractivity (Wildman–Crippen MR) is 68.9 cm³/mol. The highest BCUT2D eigenvalue weighted by Gasteiger charge is 2.38. The maximum absolute atomic E-state index is 12.5. The first-order chi connectivity index (χ1) is 9.83. The van der Waals surface area contributed by atoms with E-state index in [1.165, 1.54) is 0 Å². The summed E-state index contributed by atoms with van der Waals surface area (Å²) in [5.41, 5.74) is 0. The van der Waals surface area contributed by atoms with Crippen molar-refractivity contribution in [1.29, 1.82) is 0 Å². The summed E-state index contributed by atoms with van der Waals surface area (Å²) in [5.74, 6) is 2.12. The molecule has 1 amide bonds. The van der Waals surface area contributed by atoms with E-state index in [0.29, 0.717) is 25.0 Å². The zero-order valence-corrected chi connectivity index (χ0v) is 11.5. The molecule has 108 valence electrons. The molecule has 6 nitrogen and oxygen atoms in total. The van der Waals surface area contributed by atoms with Gasteiger partial charge in [-0.05, 0) is 32.1 Å². The molecule has 0 N–H and O–H groups in total. The second-order valence-corrected chi connectivity index (χ2v) is 6.02. The van der Waals surface area contributed by atoms with Crippen LogP contribution in [0.2, 0.25) is 0 Å². The molecule has 0 aromatic carbocycles. The predicted octanol–water partition coefficient (Wildman–Crippen LogP) is 1.65. The van der Waals surface area contributed by atoms with Crippen LogP contribution in [0.5, 0.6) is 0 Å². The van der Waals surface area contributed by atoms with Gasteiger partial charge in [-0.3, -0.25) is 4.79 Å². The zero-order chi connectivity index (χ0) is 13.5. The van der Waals surface area contributed by atoms with Crippen molar-refractivity contribution in [2.75, 3.05) is 19.8 Å². The Morgan fingerprint density at radius 1 is 1.25 bits per heavy atom. The Morgan fingerprint density at radius 2 is 2.15 bits per heavy atom. The van der Waals surface area contributed by atoms with Gasteiger partial charge in [-0.1, -0.05) is 5.16 Å². The van der Waals surface area contributed by atoms with Crippen LogP contribution in [-0.2, 0) is 9.53 Å². The third-order valence-corrected chi connectivity index (χ3v) is 4.50. The van der Waals surface area contributed by atoms with Crippen molar-refractivity contribution in [1.82, 2.24) is 15.0 Å². The van der Waals surface area contributed by atoms with Crippen molar-refractivity contribution in [2.45, 2.75) is 44.1 Å². The van der Waals surface area contributed by atoms with Gasteiger partial charge < -0.3 is 14.2 Å². The molecule has 0 radical (unpaired) electrons. The molecule has 2 aliphatic heterocycles. The van der Waals surface area contributed by atoms with Crippen LogP contribution in [0.4, 0.5) is 0 Å². The maximum Gasteiger partial charge on any atom is 0.229 e. The molecule has 6 heteroatoms. The van der Waals surface area contributed by atoms with Crippen molar-refractivity contribution in [3.05, 3.63) is 11.7 Å². The van der Waals surface area contributed by atoms with Crippen LogP contribution in [0.1, 0.15) is 55.8 Å². The Kier molecular flexibility index (Phi) is 2.98. The minimum absolute atomic E-state index is 0.000602. The number of likely N-dealkylation sites (tertiary alicyclic amines) is 1. The molecule has 1 aromatic rings. The second kappa shape index (κ2) is 4.84. The van der Waals surface area contributed by atoms with Crippen LogP contribution in [0.25, 0.3) is 0 Å². The van der Waals surface area contributed by atoms with Crippen LogP contribution in [0.3, 0.4) is 0 Å². The van der Waals surface area contributed by atoms with Gasteiger partial charge in [-0.15, -0.1) is 0 Å². The quantitative estimate of drug-likeness (QED) is 0.840. The maximum atomic E-state index is 12.5. The molecule has 0 bridgehead atoms. The van der Waals surface area contributed by atoms with Gasteiger partial charge in [-0.2, -0.15) is 4.98 Å². The van der Waals surface area contributed by atoms with Gasteiger partial charge in [0.25, 0.3) is 0 Å². The summed E-state index contributed by atoms with van der Waals surface area (Å²) in [4.78, 5) is 19.0. The average molecular weight is 277 g/mol. The van der Waals surface area contributed by atoms with E-state index in [-0.39, 0.29) is 17.9 Å². The molecule has 4 rings (SSSR count). The highest BCUT2D eigenvalue weighted by atomic mass is 16.5. The Morgan fingerprint density at radius 3 is 2.90 bits per heavy atom. The molecule has 0 spiro atoms. The van der Waals surface area contributed by atoms with Gasteiger partial charge in [0.1, 0.15) is 0 Å². The van der Waals surface area contributed by atoms with Crippen molar-refractivity contribution >= 4 is 5.91 Å². The van der Waals surface area contributed by atoms with Gasteiger partial charge in [0, 0.05) is 19.1 Å². The number of carbonyl (C=O) groups excluding carboxylic acids is 1. The first-order valence-electron chi connectivity index (χ1n) is 7.54. The lowest BCUT2D eigenvalue weighted by molar-refractivity contribution is -0.136. The molecule has 3 fully saturated rings. The fourth-order valence-electron chi connectivity index (χ4n) is 3.14. The van der Waals surface area contributed by atoms with E-state index in [0.717, 1.165) is 44.5 Å². The fourth-order valence-corrected chi connectivity index (χ4v) is 3.14. The van der Waals surface area contributed by atoms with E-state index >= 15 is 0 Å². The molecule has 0 unspecified atom stereocenters. The largest absolute Gasteiger partial charge is 0.381 e. The van der Waals surface area contributed by atoms with Crippen LogP contribution in [0.15, 0.2) is 4.52 Å². The summed E-state index contributed by atoms with van der Waals surface area (Å²) >= 11 is 0. The lowest BCUT2D eigenvalue weighted by Gasteiger charge is -2.24. The molecule has 1 saturated carbocycles. The van der Waals surface area contributed by atoms with Crippen LogP contribution in [0, 0.1) is 5.92 Å². The van der Waals surface area contributed by atoms with Gasteiger partial charge in [0.2, 0.25) is 11.8 Å². The number of carbonyl (C=O) groups is 1. The first kappa shape index (κ1) is 12.3. The smallest absolute Gasteiger partial charge is 0.229 e. The number of ether oxygens (including phenoxy) is 1. The highest BCUT2D eigenvalue weighted by Crippen LogP contribution is 2.40. The van der Waals surface area contributed by atoms with Gasteiger partial charge in [-0.25, -0.2) is 0 Å². The SMILES string of the molecule is O=C([C@@H]1CCOC1)N1CCC[C@H]1c1noc(C2CC2)n1. The molecule has 3 heterocycles. The number of amides is 1. The van der Waals surface area contributed by atoms with E-state index in [1.807, 2.05) is 4.90 Å². The van der Waals surface area contributed by atoms with E-state index in [4.69, 9.17) is 9.26 Å². The summed E-state index contributed by atoms with van der Waals surface area (Å²) in [6, 6.07) is -0.000602. The lowest BCUT2D eigenvalue weighted by atomic mass is 10.1. The number of aromatic nitrogens is 2. The molecule has 2 atom stereocenters. The van der Waals surface area contributed by atoms with Gasteiger partial charge >= 0.3 is 0 Å². The van der Waals surface area contributed by atoms with E-state index in [1.54, 1.807) is 0 Å². The molecular weight excluding hydrogens is 258 g/mol. The Balaban J connectivity index is 1.51. The lowest BCUT2D eigenvalue weighted by Crippen LogP contribution is -2.36. The highest BCUT2D eigenvalue weighted by molar-refractivity contribution is 5.79. The molecule has 20 heavy (non-hydrogen) atoms. The van der Waals surface area contributed by atoms with Crippen LogP contribution in [-0.4, -0.2) is 40.7 Å². The molecule has 1 aliphatic carbocycles. The first-order valence-corrected chi connectivity index (χ1v) is 7.54. The number of nitrogens with zero attached hydrogens (tertiary/aromatic N) is 3. The Hall–Kier alpha value is -1.43. The average Bonchev–Trinajstić information content (AvgIpc) is 2.97. The van der Waals surface area contributed by atoms with E-state index in [2.05, 4.69) is 10.1 Å². The number of hydrogen-bond donors (Lipinski definition) is 0. The van der Waals surface area contributed by atoms with Crippen molar-refractivity contribution in [2.24, 2.45) is 5.92 Å². The number of hydrogen-bond acceptors (Lipinski definition) is 5. The fraction of sp³-hybridized carbons (Fsp3) is 0.786. The minimum Gasteiger partial charge on any atom is -0.381 e. The summed E-state index contributed by atoms with van der Waals surface area (Å²) in [5, 5.41) is 4.11. The molecule has 2 saturated heterocycles. The summed E-state index contributed by atoms with van der Waals surface area (Å²) < 4.78 is 10.7. The van der Waals surface area contributed by atoms with Gasteiger partial charge in [0.15, 0.2) is 5.82 Å². The van der Waals surface area contributed by atoms with Crippen LogP contribution >= 0.6 is 0 Å². The van der Waals surface area contributed by atoms with Crippen molar-refractivity contribution in [3.8, 4) is 0 Å². The topological polar surface area (TPSA) is 68.5 Å². The van der Waals surface area contributed by atoms with Crippen molar-refractivity contribution in [3.63, 3.8) is 0 Å². The summed E-state index contributed by atoms with van der Waals surface area (Å²) in [6.07, 6.45) is 5.07. The third-order valence-electron chi connectivity index (χ3n) is 4.50. The molecular formula is C14H19N3O3. The van der Waals surface area contributed by atoms with E-state index in [9.17, 15) is 4.79 Å².